The maximum absolute atomic E-state index is 13.3. The lowest BCUT2D eigenvalue weighted by Crippen LogP contribution is -2.46. The van der Waals surface area contributed by atoms with Crippen LogP contribution in [0.25, 0.3) is 11.2 Å². The lowest BCUT2D eigenvalue weighted by atomic mass is 10.2. The topological polar surface area (TPSA) is 68.3 Å². The van der Waals surface area contributed by atoms with Gasteiger partial charge in [0.1, 0.15) is 11.6 Å². The average Bonchev–Trinajstić information content (AvgIpc) is 3.21. The van der Waals surface area contributed by atoms with Crippen LogP contribution in [0.4, 0.5) is 10.1 Å². The van der Waals surface area contributed by atoms with Crippen LogP contribution >= 0.6 is 11.6 Å². The van der Waals surface area contributed by atoms with E-state index in [1.807, 2.05) is 28.8 Å². The first-order valence-electron chi connectivity index (χ1n) is 11.4. The third kappa shape index (κ3) is 4.49. The number of hydrogen-bond acceptors (Lipinski definition) is 5. The van der Waals surface area contributed by atoms with E-state index in [4.69, 9.17) is 16.6 Å². The van der Waals surface area contributed by atoms with Gasteiger partial charge in [-0.3, -0.25) is 18.8 Å². The van der Waals surface area contributed by atoms with Crippen LogP contribution in [0.3, 0.4) is 0 Å². The Morgan fingerprint density at radius 3 is 2.20 bits per heavy atom. The summed E-state index contributed by atoms with van der Waals surface area (Å²) in [4.78, 5) is 34.9. The van der Waals surface area contributed by atoms with Crippen LogP contribution in [0.15, 0.2) is 58.1 Å². The Morgan fingerprint density at radius 1 is 0.886 bits per heavy atom. The summed E-state index contributed by atoms with van der Waals surface area (Å²) in [6, 6.07) is 14.0. The van der Waals surface area contributed by atoms with Crippen molar-refractivity contribution in [1.82, 2.24) is 23.6 Å². The van der Waals surface area contributed by atoms with Gasteiger partial charge in [0.2, 0.25) is 0 Å². The molecule has 35 heavy (non-hydrogen) atoms. The SMILES string of the molecule is Cn1c(=O)c2c(nc(CN3CCN(c4ccc(F)cc4)CC3)n2Cc2ccc(Cl)cc2)n(C)c1=O. The fourth-order valence-corrected chi connectivity index (χ4v) is 4.70. The summed E-state index contributed by atoms with van der Waals surface area (Å²) in [5.41, 5.74) is 2.00. The van der Waals surface area contributed by atoms with Gasteiger partial charge in [-0.2, -0.15) is 0 Å². The third-order valence-electron chi connectivity index (χ3n) is 6.61. The Bertz CT molecular complexity index is 1480. The van der Waals surface area contributed by atoms with Crippen molar-refractivity contribution < 1.29 is 4.39 Å². The predicted octanol–water partition coefficient (Wildman–Crippen LogP) is 2.60. The number of hydrogen-bond donors (Lipinski definition) is 0. The second-order valence-corrected chi connectivity index (χ2v) is 9.29. The number of halogens is 2. The van der Waals surface area contributed by atoms with Gasteiger partial charge in [0, 0.05) is 57.5 Å². The van der Waals surface area contributed by atoms with Crippen molar-refractivity contribution in [3.63, 3.8) is 0 Å². The van der Waals surface area contributed by atoms with Crippen LogP contribution in [-0.4, -0.2) is 49.8 Å². The minimum Gasteiger partial charge on any atom is -0.369 e. The molecule has 0 atom stereocenters. The summed E-state index contributed by atoms with van der Waals surface area (Å²) in [5, 5.41) is 0.641. The number of aryl methyl sites for hydroxylation is 1. The quantitative estimate of drug-likeness (QED) is 0.425. The van der Waals surface area contributed by atoms with Crippen molar-refractivity contribution in [2.24, 2.45) is 14.1 Å². The standard InChI is InChI=1S/C25H26ClFN6O2/c1-29-23-22(24(34)30(2)25(29)35)33(15-17-3-5-18(26)6-4-17)21(28-23)16-31-11-13-32(14-12-31)20-9-7-19(27)8-10-20/h3-10H,11-16H2,1-2H3. The van der Waals surface area contributed by atoms with E-state index in [2.05, 4.69) is 9.80 Å². The minimum absolute atomic E-state index is 0.243. The molecule has 8 nitrogen and oxygen atoms in total. The fraction of sp³-hybridized carbons (Fsp3) is 0.320. The van der Waals surface area contributed by atoms with Crippen LogP contribution in [0.5, 0.6) is 0 Å². The van der Waals surface area contributed by atoms with E-state index in [1.54, 1.807) is 19.2 Å². The lowest BCUT2D eigenvalue weighted by molar-refractivity contribution is 0.241. The summed E-state index contributed by atoms with van der Waals surface area (Å²) >= 11 is 6.06. The first-order valence-corrected chi connectivity index (χ1v) is 11.8. The van der Waals surface area contributed by atoms with Crippen LogP contribution in [-0.2, 0) is 27.2 Å². The second kappa shape index (κ2) is 9.31. The van der Waals surface area contributed by atoms with E-state index < -0.39 is 5.69 Å². The molecule has 5 rings (SSSR count). The van der Waals surface area contributed by atoms with Gasteiger partial charge in [0.05, 0.1) is 6.54 Å². The monoisotopic (exact) mass is 496 g/mol. The van der Waals surface area contributed by atoms with Crippen molar-refractivity contribution in [2.75, 3.05) is 31.1 Å². The number of rotatable bonds is 5. The Morgan fingerprint density at radius 2 is 1.54 bits per heavy atom. The summed E-state index contributed by atoms with van der Waals surface area (Å²) in [6.45, 7) is 4.15. The molecule has 2 aromatic carbocycles. The summed E-state index contributed by atoms with van der Waals surface area (Å²) in [6.07, 6.45) is 0. The minimum atomic E-state index is -0.405. The number of anilines is 1. The van der Waals surface area contributed by atoms with E-state index in [-0.39, 0.29) is 11.4 Å². The van der Waals surface area contributed by atoms with Gasteiger partial charge in [0.15, 0.2) is 11.2 Å². The summed E-state index contributed by atoms with van der Waals surface area (Å²) in [5.74, 6) is 0.482. The van der Waals surface area contributed by atoms with Gasteiger partial charge in [-0.25, -0.2) is 14.2 Å². The smallest absolute Gasteiger partial charge is 0.332 e. The molecule has 10 heteroatoms. The first-order chi connectivity index (χ1) is 16.8. The number of benzene rings is 2. The van der Waals surface area contributed by atoms with E-state index in [1.165, 1.54) is 23.7 Å². The summed E-state index contributed by atoms with van der Waals surface area (Å²) in [7, 11) is 3.12. The number of aromatic nitrogens is 4. The highest BCUT2D eigenvalue weighted by Gasteiger charge is 2.23. The molecule has 0 N–H and O–H groups in total. The Hall–Kier alpha value is -3.43. The van der Waals surface area contributed by atoms with Crippen molar-refractivity contribution in [3.05, 3.63) is 91.6 Å². The number of nitrogens with zero attached hydrogens (tertiary/aromatic N) is 6. The molecule has 1 aliphatic rings. The maximum atomic E-state index is 13.3. The molecule has 4 aromatic rings. The van der Waals surface area contributed by atoms with Crippen molar-refractivity contribution in [2.45, 2.75) is 13.1 Å². The zero-order chi connectivity index (χ0) is 24.7. The van der Waals surface area contributed by atoms with Gasteiger partial charge in [-0.1, -0.05) is 23.7 Å². The molecule has 0 bridgehead atoms. The molecule has 3 heterocycles. The highest BCUT2D eigenvalue weighted by atomic mass is 35.5. The Kier molecular flexibility index (Phi) is 6.21. The van der Waals surface area contributed by atoms with E-state index in [0.717, 1.165) is 47.8 Å². The van der Waals surface area contributed by atoms with E-state index in [9.17, 15) is 14.0 Å². The number of imidazole rings is 1. The molecule has 0 saturated carbocycles. The van der Waals surface area contributed by atoms with E-state index >= 15 is 0 Å². The maximum Gasteiger partial charge on any atom is 0.332 e. The molecule has 0 aliphatic carbocycles. The highest BCUT2D eigenvalue weighted by molar-refractivity contribution is 6.30. The fourth-order valence-electron chi connectivity index (χ4n) is 4.57. The molecule has 0 spiro atoms. The molecule has 1 fully saturated rings. The molecule has 1 aliphatic heterocycles. The molecular formula is C25H26ClFN6O2. The molecule has 0 unspecified atom stereocenters. The second-order valence-electron chi connectivity index (χ2n) is 8.86. The van der Waals surface area contributed by atoms with Gasteiger partial charge in [-0.05, 0) is 42.0 Å². The summed E-state index contributed by atoms with van der Waals surface area (Å²) < 4.78 is 17.7. The van der Waals surface area contributed by atoms with Gasteiger partial charge in [0.25, 0.3) is 5.56 Å². The zero-order valence-electron chi connectivity index (χ0n) is 19.6. The molecular weight excluding hydrogens is 471 g/mol. The van der Waals surface area contributed by atoms with Crippen LogP contribution < -0.4 is 16.1 Å². The average molecular weight is 497 g/mol. The molecule has 0 radical (unpaired) electrons. The number of fused-ring (bicyclic) bond motifs is 1. The molecule has 182 valence electrons. The molecule has 0 amide bonds. The molecule has 1 saturated heterocycles. The lowest BCUT2D eigenvalue weighted by Gasteiger charge is -2.36. The largest absolute Gasteiger partial charge is 0.369 e. The Balaban J connectivity index is 1.46. The number of piperazine rings is 1. The molecule has 2 aromatic heterocycles. The first kappa shape index (κ1) is 23.3. The predicted molar refractivity (Wildman–Crippen MR) is 135 cm³/mol. The van der Waals surface area contributed by atoms with Gasteiger partial charge in [-0.15, -0.1) is 0 Å². The van der Waals surface area contributed by atoms with Crippen LogP contribution in [0, 0.1) is 5.82 Å². The van der Waals surface area contributed by atoms with E-state index in [0.29, 0.717) is 29.3 Å². The van der Waals surface area contributed by atoms with Gasteiger partial charge >= 0.3 is 5.69 Å². The van der Waals surface area contributed by atoms with Crippen molar-refractivity contribution in [3.8, 4) is 0 Å². The third-order valence-corrected chi connectivity index (χ3v) is 6.86. The van der Waals surface area contributed by atoms with Crippen LogP contribution in [0.2, 0.25) is 5.02 Å². The highest BCUT2D eigenvalue weighted by Crippen LogP contribution is 2.20. The zero-order valence-corrected chi connectivity index (χ0v) is 20.4. The van der Waals surface area contributed by atoms with Crippen molar-refractivity contribution in [1.29, 1.82) is 0 Å². The van der Waals surface area contributed by atoms with Crippen LogP contribution in [0.1, 0.15) is 11.4 Å². The normalized spacial score (nSPS) is 14.7. The Labute approximate surface area is 206 Å². The van der Waals surface area contributed by atoms with Gasteiger partial charge < -0.3 is 9.47 Å². The van der Waals surface area contributed by atoms with Crippen molar-refractivity contribution >= 4 is 28.5 Å².